The molecule has 0 radical (unpaired) electrons. The number of hydrogen-bond donors (Lipinski definition) is 2. The van der Waals surface area contributed by atoms with E-state index in [1.54, 1.807) is 0 Å². The number of nitrogens with one attached hydrogen (secondary N) is 2. The van der Waals surface area contributed by atoms with E-state index in [1.807, 2.05) is 0 Å². The summed E-state index contributed by atoms with van der Waals surface area (Å²) in [5.41, 5.74) is 0. The zero-order valence-corrected chi connectivity index (χ0v) is 10.3. The van der Waals surface area contributed by atoms with E-state index in [0.29, 0.717) is 17.9 Å². The molecule has 1 aliphatic heterocycles. The molecule has 0 aromatic carbocycles. The summed E-state index contributed by atoms with van der Waals surface area (Å²) in [7, 11) is 0. The van der Waals surface area contributed by atoms with Crippen LogP contribution in [0, 0.1) is 29.6 Å². The average molecular weight is 234 g/mol. The number of carbonyl (C=O) groups is 1. The summed E-state index contributed by atoms with van der Waals surface area (Å²) in [5.74, 6) is 4.20. The molecule has 3 saturated carbocycles. The summed E-state index contributed by atoms with van der Waals surface area (Å²) in [6, 6.07) is 0.447. The van der Waals surface area contributed by atoms with Gasteiger partial charge in [0.1, 0.15) is 0 Å². The molecule has 0 spiro atoms. The van der Waals surface area contributed by atoms with Crippen molar-refractivity contribution in [2.24, 2.45) is 29.6 Å². The van der Waals surface area contributed by atoms with Crippen LogP contribution >= 0.6 is 0 Å². The van der Waals surface area contributed by atoms with Crippen LogP contribution in [-0.2, 0) is 4.79 Å². The van der Waals surface area contributed by atoms with Crippen LogP contribution in [0.4, 0.5) is 0 Å². The zero-order valence-electron chi connectivity index (χ0n) is 10.3. The maximum Gasteiger partial charge on any atom is 0.223 e. The Balaban J connectivity index is 1.36. The molecule has 2 bridgehead atoms. The summed E-state index contributed by atoms with van der Waals surface area (Å²) in [4.78, 5) is 12.3. The maximum atomic E-state index is 12.3. The van der Waals surface area contributed by atoms with Gasteiger partial charge in [0.25, 0.3) is 0 Å². The van der Waals surface area contributed by atoms with Gasteiger partial charge in [-0.05, 0) is 68.9 Å². The van der Waals surface area contributed by atoms with Gasteiger partial charge in [-0.1, -0.05) is 0 Å². The van der Waals surface area contributed by atoms with Gasteiger partial charge < -0.3 is 10.6 Å². The van der Waals surface area contributed by atoms with Crippen molar-refractivity contribution in [3.8, 4) is 0 Å². The third-order valence-electron chi connectivity index (χ3n) is 5.72. The first-order valence-corrected chi connectivity index (χ1v) is 7.35. The Kier molecular flexibility index (Phi) is 2.26. The van der Waals surface area contributed by atoms with E-state index >= 15 is 0 Å². The van der Waals surface area contributed by atoms with Gasteiger partial charge in [0.2, 0.25) is 5.91 Å². The lowest BCUT2D eigenvalue weighted by Crippen LogP contribution is -2.43. The molecule has 4 unspecified atom stereocenters. The SMILES string of the molecule is O=C(NC1CCNCC1)C1C2C3CCC(C3)C12. The molecule has 1 heterocycles. The van der Waals surface area contributed by atoms with E-state index < -0.39 is 0 Å². The van der Waals surface area contributed by atoms with Crippen LogP contribution in [-0.4, -0.2) is 25.0 Å². The first kappa shape index (κ1) is 10.4. The molecule has 0 aromatic rings. The van der Waals surface area contributed by atoms with Crippen LogP contribution in [0.5, 0.6) is 0 Å². The number of fused-ring (bicyclic) bond motifs is 5. The molecule has 1 saturated heterocycles. The molecule has 3 nitrogen and oxygen atoms in total. The van der Waals surface area contributed by atoms with Crippen molar-refractivity contribution in [1.82, 2.24) is 10.6 Å². The molecule has 4 atom stereocenters. The Morgan fingerprint density at radius 2 is 1.65 bits per heavy atom. The predicted octanol–water partition coefficient (Wildman–Crippen LogP) is 1.15. The van der Waals surface area contributed by atoms with Gasteiger partial charge in [0.05, 0.1) is 0 Å². The molecule has 3 aliphatic carbocycles. The lowest BCUT2D eigenvalue weighted by molar-refractivity contribution is -0.124. The van der Waals surface area contributed by atoms with Crippen molar-refractivity contribution in [2.45, 2.75) is 38.1 Å². The van der Waals surface area contributed by atoms with E-state index in [9.17, 15) is 4.79 Å². The van der Waals surface area contributed by atoms with Gasteiger partial charge in [-0.25, -0.2) is 0 Å². The number of hydrogen-bond acceptors (Lipinski definition) is 2. The van der Waals surface area contributed by atoms with E-state index in [4.69, 9.17) is 0 Å². The molecular weight excluding hydrogens is 212 g/mol. The highest BCUT2D eigenvalue weighted by Gasteiger charge is 2.67. The minimum atomic E-state index is 0.392. The molecule has 1 amide bonds. The predicted molar refractivity (Wildman–Crippen MR) is 65.3 cm³/mol. The fourth-order valence-electron chi connectivity index (χ4n) is 4.94. The van der Waals surface area contributed by atoms with Crippen LogP contribution in [0.15, 0.2) is 0 Å². The van der Waals surface area contributed by atoms with Gasteiger partial charge in [-0.2, -0.15) is 0 Å². The van der Waals surface area contributed by atoms with E-state index in [0.717, 1.165) is 49.6 Å². The van der Waals surface area contributed by atoms with Crippen molar-refractivity contribution < 1.29 is 4.79 Å². The smallest absolute Gasteiger partial charge is 0.223 e. The van der Waals surface area contributed by atoms with Crippen LogP contribution in [0.3, 0.4) is 0 Å². The number of piperidine rings is 1. The molecule has 4 fully saturated rings. The highest BCUT2D eigenvalue weighted by molar-refractivity contribution is 5.83. The molecule has 4 aliphatic rings. The van der Waals surface area contributed by atoms with Gasteiger partial charge in [0.15, 0.2) is 0 Å². The quantitative estimate of drug-likeness (QED) is 0.752. The lowest BCUT2D eigenvalue weighted by Gasteiger charge is -2.24. The molecule has 4 rings (SSSR count). The highest BCUT2D eigenvalue weighted by Crippen LogP contribution is 2.69. The summed E-state index contributed by atoms with van der Waals surface area (Å²) < 4.78 is 0. The third kappa shape index (κ3) is 1.55. The van der Waals surface area contributed by atoms with Crippen molar-refractivity contribution in [2.75, 3.05) is 13.1 Å². The van der Waals surface area contributed by atoms with Crippen LogP contribution in [0.1, 0.15) is 32.1 Å². The third-order valence-corrected chi connectivity index (χ3v) is 5.72. The van der Waals surface area contributed by atoms with Gasteiger partial charge >= 0.3 is 0 Å². The summed E-state index contributed by atoms with van der Waals surface area (Å²) in [6.07, 6.45) is 6.47. The average Bonchev–Trinajstić information content (AvgIpc) is 2.80. The Bertz CT molecular complexity index is 321. The van der Waals surface area contributed by atoms with Crippen molar-refractivity contribution >= 4 is 5.91 Å². The summed E-state index contributed by atoms with van der Waals surface area (Å²) in [6.45, 7) is 2.13. The summed E-state index contributed by atoms with van der Waals surface area (Å²) >= 11 is 0. The Labute approximate surface area is 103 Å². The second-order valence-corrected chi connectivity index (χ2v) is 6.55. The van der Waals surface area contributed by atoms with Crippen LogP contribution < -0.4 is 10.6 Å². The molecule has 94 valence electrons. The topological polar surface area (TPSA) is 41.1 Å². The van der Waals surface area contributed by atoms with Crippen molar-refractivity contribution in [3.05, 3.63) is 0 Å². The van der Waals surface area contributed by atoms with Gasteiger partial charge in [-0.15, -0.1) is 0 Å². The first-order chi connectivity index (χ1) is 8.34. The second-order valence-electron chi connectivity index (χ2n) is 6.55. The fourth-order valence-corrected chi connectivity index (χ4v) is 4.94. The molecule has 2 N–H and O–H groups in total. The Morgan fingerprint density at radius 1 is 1.00 bits per heavy atom. The second kappa shape index (κ2) is 3.71. The number of carbonyl (C=O) groups excluding carboxylic acids is 1. The van der Waals surface area contributed by atoms with Crippen molar-refractivity contribution in [1.29, 1.82) is 0 Å². The fraction of sp³-hybridized carbons (Fsp3) is 0.929. The largest absolute Gasteiger partial charge is 0.353 e. The lowest BCUT2D eigenvalue weighted by atomic mass is 10.0. The molecule has 0 aromatic heterocycles. The Hall–Kier alpha value is -0.570. The van der Waals surface area contributed by atoms with E-state index in [2.05, 4.69) is 10.6 Å². The first-order valence-electron chi connectivity index (χ1n) is 7.35. The Morgan fingerprint density at radius 3 is 2.29 bits per heavy atom. The maximum absolute atomic E-state index is 12.3. The minimum Gasteiger partial charge on any atom is -0.353 e. The number of amides is 1. The standard InChI is InChI=1S/C14H22N2O/c17-14(16-10-3-5-15-6-4-10)13-11-8-1-2-9(7-8)12(11)13/h8-13,15H,1-7H2,(H,16,17). The zero-order chi connectivity index (χ0) is 11.4. The highest BCUT2D eigenvalue weighted by atomic mass is 16.2. The van der Waals surface area contributed by atoms with E-state index in [1.165, 1.54) is 19.3 Å². The van der Waals surface area contributed by atoms with Gasteiger partial charge in [0, 0.05) is 12.0 Å². The normalized spacial score (nSPS) is 47.9. The summed E-state index contributed by atoms with van der Waals surface area (Å²) in [5, 5.41) is 6.64. The molecule has 17 heavy (non-hydrogen) atoms. The minimum absolute atomic E-state index is 0.392. The number of rotatable bonds is 2. The molecule has 3 heteroatoms. The van der Waals surface area contributed by atoms with Crippen LogP contribution in [0.2, 0.25) is 0 Å². The van der Waals surface area contributed by atoms with Crippen LogP contribution in [0.25, 0.3) is 0 Å². The van der Waals surface area contributed by atoms with Crippen molar-refractivity contribution in [3.63, 3.8) is 0 Å². The van der Waals surface area contributed by atoms with Gasteiger partial charge in [-0.3, -0.25) is 4.79 Å². The van der Waals surface area contributed by atoms with E-state index in [-0.39, 0.29) is 0 Å². The monoisotopic (exact) mass is 234 g/mol. The molecular formula is C14H22N2O.